The summed E-state index contributed by atoms with van der Waals surface area (Å²) < 4.78 is 5.52. The van der Waals surface area contributed by atoms with Crippen molar-refractivity contribution in [1.82, 2.24) is 10.6 Å². The molecular weight excluding hydrogens is 284 g/mol. The zero-order valence-corrected chi connectivity index (χ0v) is 13.2. The van der Waals surface area contributed by atoms with Crippen molar-refractivity contribution in [3.63, 3.8) is 0 Å². The van der Waals surface area contributed by atoms with Gasteiger partial charge in [-0.25, -0.2) is 4.79 Å². The molecule has 2 aliphatic rings. The Bertz CT molecular complexity index is 449. The van der Waals surface area contributed by atoms with Gasteiger partial charge in [-0.2, -0.15) is 11.3 Å². The van der Waals surface area contributed by atoms with Gasteiger partial charge < -0.3 is 15.4 Å². The molecule has 3 rings (SSSR count). The lowest BCUT2D eigenvalue weighted by molar-refractivity contribution is 0.111. The average Bonchev–Trinajstić information content (AvgIpc) is 3.25. The third-order valence-electron chi connectivity index (χ3n) is 4.80. The van der Waals surface area contributed by atoms with E-state index in [1.807, 2.05) is 0 Å². The third kappa shape index (κ3) is 3.58. The number of carbonyl (C=O) groups excluding carboxylic acids is 1. The van der Waals surface area contributed by atoms with E-state index in [4.69, 9.17) is 4.74 Å². The maximum atomic E-state index is 12.0. The molecule has 2 heterocycles. The molecule has 5 heteroatoms. The van der Waals surface area contributed by atoms with E-state index in [9.17, 15) is 4.79 Å². The van der Waals surface area contributed by atoms with Gasteiger partial charge in [-0.1, -0.05) is 12.8 Å². The quantitative estimate of drug-likeness (QED) is 0.878. The number of thiophene rings is 1. The lowest BCUT2D eigenvalue weighted by Crippen LogP contribution is -2.45. The zero-order valence-electron chi connectivity index (χ0n) is 12.4. The Morgan fingerprint density at radius 3 is 2.86 bits per heavy atom. The standard InChI is InChI=1S/C16H24N2O2S/c19-15(17-10-14-4-3-8-20-14)18-12-16(6-1-2-7-16)13-5-9-21-11-13/h5,9,11,14H,1-4,6-8,10,12H2,(H2,17,18,19)/t14-/m1/s1. The highest BCUT2D eigenvalue weighted by atomic mass is 32.1. The molecule has 1 atom stereocenters. The molecule has 2 amide bonds. The van der Waals surface area contributed by atoms with Crippen LogP contribution < -0.4 is 10.6 Å². The third-order valence-corrected chi connectivity index (χ3v) is 5.48. The summed E-state index contributed by atoms with van der Waals surface area (Å²) in [7, 11) is 0. The minimum atomic E-state index is -0.0630. The Kier molecular flexibility index (Phi) is 4.80. The summed E-state index contributed by atoms with van der Waals surface area (Å²) in [5.74, 6) is 0. The van der Waals surface area contributed by atoms with E-state index in [1.165, 1.54) is 31.2 Å². The van der Waals surface area contributed by atoms with Crippen molar-refractivity contribution in [3.8, 4) is 0 Å². The first-order valence-corrected chi connectivity index (χ1v) is 8.89. The second kappa shape index (κ2) is 6.79. The summed E-state index contributed by atoms with van der Waals surface area (Å²) >= 11 is 1.74. The van der Waals surface area contributed by atoms with Gasteiger partial charge in [0.05, 0.1) is 6.10 Å². The molecule has 1 saturated heterocycles. The van der Waals surface area contributed by atoms with Crippen molar-refractivity contribution >= 4 is 17.4 Å². The largest absolute Gasteiger partial charge is 0.376 e. The number of rotatable bonds is 5. The van der Waals surface area contributed by atoms with E-state index in [0.29, 0.717) is 6.54 Å². The van der Waals surface area contributed by atoms with Crippen molar-refractivity contribution in [3.05, 3.63) is 22.4 Å². The van der Waals surface area contributed by atoms with Crippen LogP contribution >= 0.6 is 11.3 Å². The van der Waals surface area contributed by atoms with Gasteiger partial charge in [0, 0.05) is 25.1 Å². The van der Waals surface area contributed by atoms with Crippen LogP contribution in [0.15, 0.2) is 16.8 Å². The van der Waals surface area contributed by atoms with Crippen LogP contribution in [0.5, 0.6) is 0 Å². The second-order valence-electron chi connectivity index (χ2n) is 6.20. The molecule has 21 heavy (non-hydrogen) atoms. The van der Waals surface area contributed by atoms with E-state index < -0.39 is 0 Å². The summed E-state index contributed by atoms with van der Waals surface area (Å²) in [6.45, 7) is 2.19. The number of hydrogen-bond acceptors (Lipinski definition) is 3. The van der Waals surface area contributed by atoms with E-state index in [-0.39, 0.29) is 17.6 Å². The van der Waals surface area contributed by atoms with Gasteiger partial charge in [0.2, 0.25) is 0 Å². The minimum absolute atomic E-state index is 0.0630. The molecular formula is C16H24N2O2S. The molecule has 0 radical (unpaired) electrons. The molecule has 1 aromatic heterocycles. The highest BCUT2D eigenvalue weighted by Crippen LogP contribution is 2.41. The molecule has 4 nitrogen and oxygen atoms in total. The average molecular weight is 308 g/mol. The van der Waals surface area contributed by atoms with Crippen LogP contribution in [0.4, 0.5) is 4.79 Å². The number of urea groups is 1. The van der Waals surface area contributed by atoms with E-state index in [2.05, 4.69) is 27.5 Å². The molecule has 1 aromatic rings. The lowest BCUT2D eigenvalue weighted by atomic mass is 9.80. The Labute approximate surface area is 130 Å². The van der Waals surface area contributed by atoms with Crippen LogP contribution in [0.3, 0.4) is 0 Å². The molecule has 1 aliphatic carbocycles. The van der Waals surface area contributed by atoms with Crippen LogP contribution in [-0.4, -0.2) is 31.8 Å². The van der Waals surface area contributed by atoms with Crippen molar-refractivity contribution in [2.45, 2.75) is 50.0 Å². The van der Waals surface area contributed by atoms with Crippen LogP contribution in [0, 0.1) is 0 Å². The molecule has 1 aliphatic heterocycles. The van der Waals surface area contributed by atoms with E-state index in [0.717, 1.165) is 26.0 Å². The molecule has 2 fully saturated rings. The number of amides is 2. The maximum absolute atomic E-state index is 12.0. The number of carbonyl (C=O) groups is 1. The first-order valence-electron chi connectivity index (χ1n) is 7.94. The number of hydrogen-bond donors (Lipinski definition) is 2. The molecule has 0 spiro atoms. The Hall–Kier alpha value is -1.07. The van der Waals surface area contributed by atoms with Crippen LogP contribution in [0.25, 0.3) is 0 Å². The normalized spacial score (nSPS) is 24.1. The highest BCUT2D eigenvalue weighted by Gasteiger charge is 2.36. The van der Waals surface area contributed by atoms with Gasteiger partial charge in [0.1, 0.15) is 0 Å². The number of nitrogens with one attached hydrogen (secondary N) is 2. The minimum Gasteiger partial charge on any atom is -0.376 e. The van der Waals surface area contributed by atoms with Gasteiger partial charge >= 0.3 is 6.03 Å². The molecule has 0 aromatic carbocycles. The van der Waals surface area contributed by atoms with Gasteiger partial charge in [-0.05, 0) is 48.1 Å². The molecule has 0 unspecified atom stereocenters. The van der Waals surface area contributed by atoms with Gasteiger partial charge in [-0.3, -0.25) is 0 Å². The number of ether oxygens (including phenoxy) is 1. The van der Waals surface area contributed by atoms with E-state index in [1.54, 1.807) is 11.3 Å². The van der Waals surface area contributed by atoms with Crippen LogP contribution in [0.1, 0.15) is 44.1 Å². The fraction of sp³-hybridized carbons (Fsp3) is 0.688. The summed E-state index contributed by atoms with van der Waals surface area (Å²) in [6.07, 6.45) is 7.23. The molecule has 0 bridgehead atoms. The molecule has 116 valence electrons. The lowest BCUT2D eigenvalue weighted by Gasteiger charge is -2.29. The first kappa shape index (κ1) is 14.9. The summed E-state index contributed by atoms with van der Waals surface area (Å²) in [5.41, 5.74) is 1.55. The first-order chi connectivity index (χ1) is 10.3. The molecule has 2 N–H and O–H groups in total. The van der Waals surface area contributed by atoms with Crippen molar-refractivity contribution < 1.29 is 9.53 Å². The maximum Gasteiger partial charge on any atom is 0.314 e. The monoisotopic (exact) mass is 308 g/mol. The van der Waals surface area contributed by atoms with Gasteiger partial charge in [-0.15, -0.1) is 0 Å². The summed E-state index contributed by atoms with van der Waals surface area (Å²) in [5, 5.41) is 10.4. The molecule has 1 saturated carbocycles. The summed E-state index contributed by atoms with van der Waals surface area (Å²) in [6, 6.07) is 2.15. The second-order valence-corrected chi connectivity index (χ2v) is 6.98. The zero-order chi connectivity index (χ0) is 14.5. The Morgan fingerprint density at radius 1 is 1.33 bits per heavy atom. The van der Waals surface area contributed by atoms with E-state index >= 15 is 0 Å². The summed E-state index contributed by atoms with van der Waals surface area (Å²) in [4.78, 5) is 12.0. The van der Waals surface area contributed by atoms with Gasteiger partial charge in [0.25, 0.3) is 0 Å². The van der Waals surface area contributed by atoms with Crippen molar-refractivity contribution in [2.75, 3.05) is 19.7 Å². The van der Waals surface area contributed by atoms with Crippen LogP contribution in [-0.2, 0) is 10.2 Å². The van der Waals surface area contributed by atoms with Crippen molar-refractivity contribution in [1.29, 1.82) is 0 Å². The smallest absolute Gasteiger partial charge is 0.314 e. The Morgan fingerprint density at radius 2 is 2.19 bits per heavy atom. The van der Waals surface area contributed by atoms with Crippen molar-refractivity contribution in [2.24, 2.45) is 0 Å². The fourth-order valence-corrected chi connectivity index (χ4v) is 4.29. The topological polar surface area (TPSA) is 50.4 Å². The predicted octanol–water partition coefficient (Wildman–Crippen LogP) is 3.04. The SMILES string of the molecule is O=C(NC[C@H]1CCCO1)NCC1(c2ccsc2)CCCC1. The van der Waals surface area contributed by atoms with Crippen LogP contribution in [0.2, 0.25) is 0 Å². The predicted molar refractivity (Wildman–Crippen MR) is 84.8 cm³/mol. The fourth-order valence-electron chi connectivity index (χ4n) is 3.51. The van der Waals surface area contributed by atoms with Gasteiger partial charge in [0.15, 0.2) is 0 Å². The Balaban J connectivity index is 1.49. The highest BCUT2D eigenvalue weighted by molar-refractivity contribution is 7.08.